The normalized spacial score (nSPS) is 17.4. The van der Waals surface area contributed by atoms with Gasteiger partial charge in [-0.1, -0.05) is 26.7 Å². The van der Waals surface area contributed by atoms with Crippen LogP contribution in [0.2, 0.25) is 0 Å². The van der Waals surface area contributed by atoms with Crippen LogP contribution >= 0.6 is 0 Å². The maximum Gasteiger partial charge on any atom is 0.168 e. The van der Waals surface area contributed by atoms with E-state index in [1.54, 1.807) is 0 Å². The number of nitrogens with zero attached hydrogens (tertiary/aromatic N) is 1. The van der Waals surface area contributed by atoms with Crippen molar-refractivity contribution in [2.75, 3.05) is 18.5 Å². The molecule has 106 valence electrons. The van der Waals surface area contributed by atoms with Crippen molar-refractivity contribution < 1.29 is 4.74 Å². The first-order chi connectivity index (χ1) is 9.29. The van der Waals surface area contributed by atoms with Gasteiger partial charge in [-0.3, -0.25) is 0 Å². The molecule has 1 N–H and O–H groups in total. The monoisotopic (exact) mass is 262 g/mol. The second-order valence-corrected chi connectivity index (χ2v) is 5.61. The van der Waals surface area contributed by atoms with Crippen molar-refractivity contribution >= 4 is 5.82 Å². The molecule has 0 saturated heterocycles. The Morgan fingerprint density at radius 1 is 1.32 bits per heavy atom. The minimum Gasteiger partial charge on any atom is -0.490 e. The Hall–Kier alpha value is -1.25. The highest BCUT2D eigenvalue weighted by atomic mass is 16.5. The summed E-state index contributed by atoms with van der Waals surface area (Å²) >= 11 is 0. The van der Waals surface area contributed by atoms with Gasteiger partial charge in [0.25, 0.3) is 0 Å². The maximum absolute atomic E-state index is 5.74. The Kier molecular flexibility index (Phi) is 5.06. The highest BCUT2D eigenvalue weighted by Crippen LogP contribution is 2.41. The topological polar surface area (TPSA) is 34.1 Å². The minimum atomic E-state index is 0.472. The van der Waals surface area contributed by atoms with Gasteiger partial charge in [0.05, 0.1) is 6.61 Å². The molecule has 1 aromatic rings. The highest BCUT2D eigenvalue weighted by molar-refractivity contribution is 5.49. The van der Waals surface area contributed by atoms with Crippen LogP contribution in [-0.2, 0) is 0 Å². The van der Waals surface area contributed by atoms with E-state index in [-0.39, 0.29) is 0 Å². The molecule has 1 aliphatic carbocycles. The molecular formula is C16H26N2O. The molecule has 1 fully saturated rings. The van der Waals surface area contributed by atoms with Crippen LogP contribution in [0.3, 0.4) is 0 Å². The summed E-state index contributed by atoms with van der Waals surface area (Å²) in [5.41, 5.74) is 0.472. The molecule has 0 aromatic carbocycles. The van der Waals surface area contributed by atoms with Crippen molar-refractivity contribution in [2.24, 2.45) is 5.41 Å². The van der Waals surface area contributed by atoms with E-state index in [4.69, 9.17) is 4.74 Å². The summed E-state index contributed by atoms with van der Waals surface area (Å²) in [4.78, 5) is 4.42. The predicted molar refractivity (Wildman–Crippen MR) is 79.7 cm³/mol. The van der Waals surface area contributed by atoms with Crippen LogP contribution < -0.4 is 10.1 Å². The van der Waals surface area contributed by atoms with E-state index in [2.05, 4.69) is 24.1 Å². The molecule has 0 spiro atoms. The lowest BCUT2D eigenvalue weighted by Gasteiger charge is -2.28. The molecule has 1 heterocycles. The van der Waals surface area contributed by atoms with Gasteiger partial charge in [0, 0.05) is 12.7 Å². The van der Waals surface area contributed by atoms with Crippen LogP contribution in [0, 0.1) is 5.41 Å². The summed E-state index contributed by atoms with van der Waals surface area (Å²) in [7, 11) is 0. The van der Waals surface area contributed by atoms with Crippen molar-refractivity contribution in [3.63, 3.8) is 0 Å². The average molecular weight is 262 g/mol. The Morgan fingerprint density at radius 2 is 2.11 bits per heavy atom. The second-order valence-electron chi connectivity index (χ2n) is 5.61. The first-order valence-electron chi connectivity index (χ1n) is 7.61. The molecule has 19 heavy (non-hydrogen) atoms. The van der Waals surface area contributed by atoms with E-state index in [1.807, 2.05) is 18.3 Å². The summed E-state index contributed by atoms with van der Waals surface area (Å²) in [6, 6.07) is 3.93. The first kappa shape index (κ1) is 14.2. The molecule has 1 saturated carbocycles. The van der Waals surface area contributed by atoms with Gasteiger partial charge in [-0.05, 0) is 43.2 Å². The molecule has 0 amide bonds. The van der Waals surface area contributed by atoms with Crippen molar-refractivity contribution in [1.29, 1.82) is 0 Å². The van der Waals surface area contributed by atoms with E-state index in [0.29, 0.717) is 5.41 Å². The van der Waals surface area contributed by atoms with Crippen molar-refractivity contribution in [2.45, 2.75) is 52.4 Å². The molecule has 2 rings (SSSR count). The first-order valence-corrected chi connectivity index (χ1v) is 7.61. The zero-order valence-corrected chi connectivity index (χ0v) is 12.2. The molecule has 1 aromatic heterocycles. The van der Waals surface area contributed by atoms with Crippen molar-refractivity contribution in [1.82, 2.24) is 4.98 Å². The predicted octanol–water partition coefficient (Wildman–Crippen LogP) is 4.25. The second kappa shape index (κ2) is 6.78. The number of ether oxygens (including phenoxy) is 1. The lowest BCUT2D eigenvalue weighted by Crippen LogP contribution is -2.26. The fraction of sp³-hybridized carbons (Fsp3) is 0.688. The van der Waals surface area contributed by atoms with Crippen LogP contribution in [-0.4, -0.2) is 18.1 Å². The van der Waals surface area contributed by atoms with Gasteiger partial charge < -0.3 is 10.1 Å². The summed E-state index contributed by atoms with van der Waals surface area (Å²) < 4.78 is 5.74. The van der Waals surface area contributed by atoms with E-state index in [9.17, 15) is 0 Å². The third-order valence-electron chi connectivity index (χ3n) is 4.28. The third-order valence-corrected chi connectivity index (χ3v) is 4.28. The van der Waals surface area contributed by atoms with Crippen molar-refractivity contribution in [3.05, 3.63) is 18.3 Å². The van der Waals surface area contributed by atoms with Gasteiger partial charge in [-0.2, -0.15) is 0 Å². The molecule has 3 heteroatoms. The molecular weight excluding hydrogens is 236 g/mol. The van der Waals surface area contributed by atoms with Gasteiger partial charge >= 0.3 is 0 Å². The fourth-order valence-electron chi connectivity index (χ4n) is 2.90. The van der Waals surface area contributed by atoms with Crippen LogP contribution in [0.25, 0.3) is 0 Å². The summed E-state index contributed by atoms with van der Waals surface area (Å²) in [6.45, 7) is 6.19. The maximum atomic E-state index is 5.74. The fourth-order valence-corrected chi connectivity index (χ4v) is 2.90. The van der Waals surface area contributed by atoms with E-state index in [0.717, 1.165) is 31.1 Å². The van der Waals surface area contributed by atoms with Crippen molar-refractivity contribution in [3.8, 4) is 5.75 Å². The Bertz CT molecular complexity index is 386. The Labute approximate surface area is 116 Å². The lowest BCUT2D eigenvalue weighted by molar-refractivity contribution is 0.302. The largest absolute Gasteiger partial charge is 0.490 e. The molecule has 0 atom stereocenters. The standard InChI is InChI=1S/C16H26N2O/c1-3-12-19-14-8-7-11-17-15(14)18-13-16(4-2)9-5-6-10-16/h7-8,11H,3-6,9-10,12-13H2,1-2H3,(H,17,18). The molecule has 0 radical (unpaired) electrons. The van der Waals surface area contributed by atoms with E-state index >= 15 is 0 Å². The zero-order valence-electron chi connectivity index (χ0n) is 12.2. The van der Waals surface area contributed by atoms with Gasteiger partial charge in [0.1, 0.15) is 0 Å². The molecule has 1 aliphatic rings. The van der Waals surface area contributed by atoms with Crippen LogP contribution in [0.15, 0.2) is 18.3 Å². The lowest BCUT2D eigenvalue weighted by atomic mass is 9.83. The smallest absolute Gasteiger partial charge is 0.168 e. The molecule has 0 unspecified atom stereocenters. The van der Waals surface area contributed by atoms with Gasteiger partial charge in [0.15, 0.2) is 11.6 Å². The zero-order chi connectivity index (χ0) is 13.6. The highest BCUT2D eigenvalue weighted by Gasteiger charge is 2.31. The molecule has 3 nitrogen and oxygen atoms in total. The third kappa shape index (κ3) is 3.62. The van der Waals surface area contributed by atoms with Crippen LogP contribution in [0.4, 0.5) is 5.82 Å². The van der Waals surface area contributed by atoms with E-state index in [1.165, 1.54) is 32.1 Å². The number of hydrogen-bond donors (Lipinski definition) is 1. The summed E-state index contributed by atoms with van der Waals surface area (Å²) in [6.07, 6.45) is 9.52. The SMILES string of the molecule is CCCOc1cccnc1NCC1(CC)CCCC1. The number of nitrogens with one attached hydrogen (secondary N) is 1. The number of pyridine rings is 1. The number of anilines is 1. The Morgan fingerprint density at radius 3 is 2.79 bits per heavy atom. The minimum absolute atomic E-state index is 0.472. The quantitative estimate of drug-likeness (QED) is 0.797. The number of hydrogen-bond acceptors (Lipinski definition) is 3. The van der Waals surface area contributed by atoms with Gasteiger partial charge in [-0.15, -0.1) is 0 Å². The van der Waals surface area contributed by atoms with E-state index < -0.39 is 0 Å². The van der Waals surface area contributed by atoms with Gasteiger partial charge in [0.2, 0.25) is 0 Å². The Balaban J connectivity index is 1.98. The number of rotatable bonds is 7. The van der Waals surface area contributed by atoms with Crippen LogP contribution in [0.1, 0.15) is 52.4 Å². The van der Waals surface area contributed by atoms with Gasteiger partial charge in [-0.25, -0.2) is 4.98 Å². The van der Waals surface area contributed by atoms with Crippen LogP contribution in [0.5, 0.6) is 5.75 Å². The summed E-state index contributed by atoms with van der Waals surface area (Å²) in [5.74, 6) is 1.78. The summed E-state index contributed by atoms with van der Waals surface area (Å²) in [5, 5.41) is 3.52. The molecule has 0 aliphatic heterocycles. The molecule has 0 bridgehead atoms. The average Bonchev–Trinajstić information content (AvgIpc) is 2.93. The number of aromatic nitrogens is 1.